The molecule has 0 aromatic heterocycles. The smallest absolute Gasteiger partial charge is 0.304 e. The number of aliphatic carboxylic acids is 1. The monoisotopic (exact) mass is 202 g/mol. The van der Waals surface area contributed by atoms with Gasteiger partial charge in [-0.05, 0) is 20.4 Å². The van der Waals surface area contributed by atoms with E-state index in [4.69, 9.17) is 5.11 Å². The quantitative estimate of drug-likeness (QED) is 0.571. The second-order valence-electron chi connectivity index (χ2n) is 3.63. The Labute approximate surface area is 86.3 Å². The number of nitrogens with one attached hydrogen (secondary N) is 1. The number of likely N-dealkylation sites (N-methyl/N-ethyl adjacent to an activating group) is 1. The number of carboxylic acids is 1. The van der Waals surface area contributed by atoms with Crippen molar-refractivity contribution in [1.29, 1.82) is 0 Å². The van der Waals surface area contributed by atoms with Gasteiger partial charge in [0.1, 0.15) is 0 Å². The molecule has 84 valence electrons. The molecule has 0 amide bonds. The molecule has 0 aliphatic heterocycles. The lowest BCUT2D eigenvalue weighted by atomic mass is 10.2. The highest BCUT2D eigenvalue weighted by molar-refractivity contribution is 5.66. The molecule has 0 saturated heterocycles. The second-order valence-corrected chi connectivity index (χ2v) is 3.63. The van der Waals surface area contributed by atoms with Gasteiger partial charge in [0, 0.05) is 25.7 Å². The Bertz CT molecular complexity index is 162. The van der Waals surface area contributed by atoms with Gasteiger partial charge in [0.05, 0.1) is 6.42 Å². The van der Waals surface area contributed by atoms with Crippen LogP contribution in [0.5, 0.6) is 0 Å². The SMILES string of the molecule is CCC(C)N(C)CCNCCC(=O)O. The Hall–Kier alpha value is -0.610. The topological polar surface area (TPSA) is 52.6 Å². The van der Waals surface area contributed by atoms with Crippen LogP contribution in [-0.2, 0) is 4.79 Å². The van der Waals surface area contributed by atoms with E-state index in [1.165, 1.54) is 0 Å². The summed E-state index contributed by atoms with van der Waals surface area (Å²) in [5.74, 6) is -0.743. The van der Waals surface area contributed by atoms with Crippen LogP contribution in [0.25, 0.3) is 0 Å². The fourth-order valence-electron chi connectivity index (χ4n) is 1.11. The summed E-state index contributed by atoms with van der Waals surface area (Å²) >= 11 is 0. The van der Waals surface area contributed by atoms with E-state index >= 15 is 0 Å². The van der Waals surface area contributed by atoms with Gasteiger partial charge in [-0.2, -0.15) is 0 Å². The minimum absolute atomic E-state index is 0.201. The van der Waals surface area contributed by atoms with Crippen molar-refractivity contribution in [2.24, 2.45) is 0 Å². The van der Waals surface area contributed by atoms with Crippen LogP contribution in [0.3, 0.4) is 0 Å². The fraction of sp³-hybridized carbons (Fsp3) is 0.900. The van der Waals surface area contributed by atoms with Gasteiger partial charge in [-0.15, -0.1) is 0 Å². The first kappa shape index (κ1) is 13.4. The lowest BCUT2D eigenvalue weighted by molar-refractivity contribution is -0.136. The van der Waals surface area contributed by atoms with Crippen molar-refractivity contribution < 1.29 is 9.90 Å². The summed E-state index contributed by atoms with van der Waals surface area (Å²) in [6.07, 6.45) is 1.35. The molecule has 4 heteroatoms. The van der Waals surface area contributed by atoms with Gasteiger partial charge in [0.15, 0.2) is 0 Å². The van der Waals surface area contributed by atoms with Crippen molar-refractivity contribution in [2.75, 3.05) is 26.7 Å². The van der Waals surface area contributed by atoms with Crippen LogP contribution < -0.4 is 5.32 Å². The maximum atomic E-state index is 10.2. The maximum absolute atomic E-state index is 10.2. The number of carboxylic acid groups (broad SMARTS) is 1. The Morgan fingerprint density at radius 3 is 2.64 bits per heavy atom. The van der Waals surface area contributed by atoms with E-state index in [9.17, 15) is 4.79 Å². The summed E-state index contributed by atoms with van der Waals surface area (Å²) in [5, 5.41) is 11.5. The number of hydrogen-bond acceptors (Lipinski definition) is 3. The predicted octanol–water partition coefficient (Wildman–Crippen LogP) is 0.781. The molecule has 2 N–H and O–H groups in total. The zero-order valence-electron chi connectivity index (χ0n) is 9.42. The van der Waals surface area contributed by atoms with Gasteiger partial charge < -0.3 is 15.3 Å². The minimum atomic E-state index is -0.743. The Kier molecular flexibility index (Phi) is 7.42. The molecular weight excluding hydrogens is 180 g/mol. The van der Waals surface area contributed by atoms with Crippen LogP contribution in [0.4, 0.5) is 0 Å². The molecule has 0 aliphatic carbocycles. The molecule has 0 fully saturated rings. The maximum Gasteiger partial charge on any atom is 0.304 e. The molecule has 14 heavy (non-hydrogen) atoms. The fourth-order valence-corrected chi connectivity index (χ4v) is 1.11. The van der Waals surface area contributed by atoms with Crippen molar-refractivity contribution in [1.82, 2.24) is 10.2 Å². The predicted molar refractivity (Wildman–Crippen MR) is 57.5 cm³/mol. The molecule has 0 saturated carbocycles. The van der Waals surface area contributed by atoms with Gasteiger partial charge in [-0.25, -0.2) is 0 Å². The first-order chi connectivity index (χ1) is 6.57. The summed E-state index contributed by atoms with van der Waals surface area (Å²) in [4.78, 5) is 12.5. The highest BCUT2D eigenvalue weighted by Gasteiger charge is 2.05. The molecule has 0 aromatic rings. The molecular formula is C10H22N2O2. The van der Waals surface area contributed by atoms with Crippen molar-refractivity contribution in [3.05, 3.63) is 0 Å². The normalized spacial score (nSPS) is 13.1. The number of carbonyl (C=O) groups is 1. The lowest BCUT2D eigenvalue weighted by Crippen LogP contribution is -2.35. The standard InChI is InChI=1S/C10H22N2O2/c1-4-9(2)12(3)8-7-11-6-5-10(13)14/h9,11H,4-8H2,1-3H3,(H,13,14). The van der Waals surface area contributed by atoms with Gasteiger partial charge in [0.25, 0.3) is 0 Å². The first-order valence-electron chi connectivity index (χ1n) is 5.20. The van der Waals surface area contributed by atoms with Crippen LogP contribution in [0.1, 0.15) is 26.7 Å². The number of rotatable bonds is 8. The summed E-state index contributed by atoms with van der Waals surface area (Å²) < 4.78 is 0. The van der Waals surface area contributed by atoms with Crippen LogP contribution >= 0.6 is 0 Å². The van der Waals surface area contributed by atoms with E-state index in [1.807, 2.05) is 0 Å². The van der Waals surface area contributed by atoms with Gasteiger partial charge in [-0.3, -0.25) is 4.79 Å². The molecule has 0 spiro atoms. The summed E-state index contributed by atoms with van der Waals surface area (Å²) in [6, 6.07) is 0.594. The third-order valence-electron chi connectivity index (χ3n) is 2.50. The van der Waals surface area contributed by atoms with Crippen molar-refractivity contribution in [3.8, 4) is 0 Å². The molecule has 0 aromatic carbocycles. The van der Waals surface area contributed by atoms with E-state index in [-0.39, 0.29) is 6.42 Å². The Morgan fingerprint density at radius 1 is 1.50 bits per heavy atom. The van der Waals surface area contributed by atoms with Crippen molar-refractivity contribution >= 4 is 5.97 Å². The number of nitrogens with zero attached hydrogens (tertiary/aromatic N) is 1. The molecule has 1 atom stereocenters. The van der Waals surface area contributed by atoms with E-state index in [0.29, 0.717) is 12.6 Å². The average Bonchev–Trinajstić information content (AvgIpc) is 2.15. The molecule has 0 radical (unpaired) electrons. The zero-order valence-corrected chi connectivity index (χ0v) is 9.42. The molecule has 0 heterocycles. The van der Waals surface area contributed by atoms with E-state index in [2.05, 4.69) is 31.1 Å². The first-order valence-corrected chi connectivity index (χ1v) is 5.20. The Morgan fingerprint density at radius 2 is 2.14 bits per heavy atom. The molecule has 4 nitrogen and oxygen atoms in total. The molecule has 0 rings (SSSR count). The zero-order chi connectivity index (χ0) is 11.0. The van der Waals surface area contributed by atoms with E-state index in [1.54, 1.807) is 0 Å². The third kappa shape index (κ3) is 6.86. The summed E-state index contributed by atoms with van der Waals surface area (Å²) in [5.41, 5.74) is 0. The van der Waals surface area contributed by atoms with Crippen LogP contribution in [0.15, 0.2) is 0 Å². The van der Waals surface area contributed by atoms with Crippen LogP contribution in [-0.4, -0.2) is 48.7 Å². The molecule has 1 unspecified atom stereocenters. The van der Waals surface area contributed by atoms with E-state index in [0.717, 1.165) is 19.5 Å². The summed E-state index contributed by atoms with van der Waals surface area (Å²) in [6.45, 7) is 6.74. The largest absolute Gasteiger partial charge is 0.481 e. The highest BCUT2D eigenvalue weighted by atomic mass is 16.4. The highest BCUT2D eigenvalue weighted by Crippen LogP contribution is 1.97. The number of hydrogen-bond donors (Lipinski definition) is 2. The average molecular weight is 202 g/mol. The Balaban J connectivity index is 3.31. The van der Waals surface area contributed by atoms with Crippen molar-refractivity contribution in [3.63, 3.8) is 0 Å². The van der Waals surface area contributed by atoms with Gasteiger partial charge in [-0.1, -0.05) is 6.92 Å². The lowest BCUT2D eigenvalue weighted by Gasteiger charge is -2.23. The van der Waals surface area contributed by atoms with Crippen molar-refractivity contribution in [2.45, 2.75) is 32.7 Å². The second kappa shape index (κ2) is 7.76. The van der Waals surface area contributed by atoms with E-state index < -0.39 is 5.97 Å². The molecule has 0 bridgehead atoms. The van der Waals surface area contributed by atoms with Gasteiger partial charge in [0.2, 0.25) is 0 Å². The third-order valence-corrected chi connectivity index (χ3v) is 2.50. The van der Waals surface area contributed by atoms with Crippen LogP contribution in [0, 0.1) is 0 Å². The van der Waals surface area contributed by atoms with Gasteiger partial charge >= 0.3 is 5.97 Å². The molecule has 0 aliphatic rings. The summed E-state index contributed by atoms with van der Waals surface area (Å²) in [7, 11) is 2.09. The van der Waals surface area contributed by atoms with Crippen LogP contribution in [0.2, 0.25) is 0 Å². The minimum Gasteiger partial charge on any atom is -0.481 e.